The molecule has 1 aliphatic carbocycles. The van der Waals surface area contributed by atoms with Crippen LogP contribution in [0.3, 0.4) is 0 Å². The van der Waals surface area contributed by atoms with Crippen molar-refractivity contribution in [3.63, 3.8) is 0 Å². The van der Waals surface area contributed by atoms with Crippen molar-refractivity contribution in [2.24, 2.45) is 5.92 Å². The van der Waals surface area contributed by atoms with Crippen molar-refractivity contribution < 1.29 is 9.90 Å². The molecule has 17 heavy (non-hydrogen) atoms. The van der Waals surface area contributed by atoms with E-state index in [1.807, 2.05) is 6.92 Å². The summed E-state index contributed by atoms with van der Waals surface area (Å²) in [7, 11) is 0. The van der Waals surface area contributed by atoms with Gasteiger partial charge < -0.3 is 5.11 Å². The minimum atomic E-state index is -1.16. The fourth-order valence-corrected chi connectivity index (χ4v) is 1.89. The zero-order chi connectivity index (χ0) is 12.4. The van der Waals surface area contributed by atoms with Gasteiger partial charge in [-0.15, -0.1) is 0 Å². The second-order valence-corrected chi connectivity index (χ2v) is 4.52. The molecule has 1 aromatic heterocycles. The number of aryl methyl sites for hydroxylation is 1. The molecule has 1 heterocycles. The molecule has 5 heteroatoms. The van der Waals surface area contributed by atoms with Crippen molar-refractivity contribution in [1.29, 1.82) is 0 Å². The van der Waals surface area contributed by atoms with Gasteiger partial charge in [0.1, 0.15) is 5.56 Å². The van der Waals surface area contributed by atoms with Crippen LogP contribution >= 0.6 is 0 Å². The maximum Gasteiger partial charge on any atom is 0.343 e. The van der Waals surface area contributed by atoms with Crippen LogP contribution in [0.1, 0.15) is 42.2 Å². The molecule has 0 spiro atoms. The first-order valence-electron chi connectivity index (χ1n) is 5.95. The monoisotopic (exact) mass is 236 g/mol. The number of aromatic carboxylic acids is 1. The lowest BCUT2D eigenvalue weighted by molar-refractivity contribution is 0.0692. The first-order chi connectivity index (χ1) is 8.13. The molecule has 0 saturated heterocycles. The third kappa shape index (κ3) is 2.54. The molecule has 0 atom stereocenters. The smallest absolute Gasteiger partial charge is 0.343 e. The Hall–Kier alpha value is -1.65. The fourth-order valence-electron chi connectivity index (χ4n) is 1.89. The van der Waals surface area contributed by atoms with Crippen molar-refractivity contribution in [1.82, 2.24) is 9.55 Å². The quantitative estimate of drug-likeness (QED) is 0.836. The van der Waals surface area contributed by atoms with Crippen LogP contribution in [0.25, 0.3) is 0 Å². The number of rotatable bonds is 5. The zero-order valence-corrected chi connectivity index (χ0v) is 9.85. The lowest BCUT2D eigenvalue weighted by atomic mass is 10.1. The average molecular weight is 236 g/mol. The summed E-state index contributed by atoms with van der Waals surface area (Å²) in [5.41, 5.74) is -0.129. The van der Waals surface area contributed by atoms with Crippen molar-refractivity contribution in [3.05, 3.63) is 27.9 Å². The molecule has 0 radical (unpaired) electrons. The highest BCUT2D eigenvalue weighted by atomic mass is 16.4. The van der Waals surface area contributed by atoms with Gasteiger partial charge in [-0.05, 0) is 31.6 Å². The van der Waals surface area contributed by atoms with Crippen LogP contribution in [-0.2, 0) is 13.0 Å². The lowest BCUT2D eigenvalue weighted by Crippen LogP contribution is -2.29. The Bertz CT molecular complexity index is 489. The van der Waals surface area contributed by atoms with E-state index in [0.29, 0.717) is 24.6 Å². The molecule has 1 fully saturated rings. The molecule has 1 N–H and O–H groups in total. The number of aromatic nitrogens is 2. The van der Waals surface area contributed by atoms with Crippen LogP contribution < -0.4 is 5.56 Å². The van der Waals surface area contributed by atoms with Crippen LogP contribution in [-0.4, -0.2) is 20.6 Å². The molecule has 1 aliphatic rings. The summed E-state index contributed by atoms with van der Waals surface area (Å²) < 4.78 is 1.37. The van der Waals surface area contributed by atoms with Gasteiger partial charge in [0.15, 0.2) is 0 Å². The van der Waals surface area contributed by atoms with Crippen LogP contribution in [0.5, 0.6) is 0 Å². The van der Waals surface area contributed by atoms with Gasteiger partial charge in [0.05, 0.1) is 12.0 Å². The van der Waals surface area contributed by atoms with E-state index in [-0.39, 0.29) is 5.56 Å². The Kier molecular flexibility index (Phi) is 3.26. The Balaban J connectivity index is 2.41. The Labute approximate surface area is 99.1 Å². The van der Waals surface area contributed by atoms with E-state index >= 15 is 0 Å². The van der Waals surface area contributed by atoms with E-state index in [1.165, 1.54) is 10.9 Å². The predicted molar refractivity (Wildman–Crippen MR) is 62.2 cm³/mol. The van der Waals surface area contributed by atoms with E-state index in [1.54, 1.807) is 0 Å². The Morgan fingerprint density at radius 1 is 1.59 bits per heavy atom. The van der Waals surface area contributed by atoms with Crippen molar-refractivity contribution >= 4 is 5.97 Å². The van der Waals surface area contributed by atoms with E-state index in [9.17, 15) is 9.59 Å². The van der Waals surface area contributed by atoms with Gasteiger partial charge in [0.2, 0.25) is 0 Å². The Morgan fingerprint density at radius 2 is 2.29 bits per heavy atom. The molecule has 2 rings (SSSR count). The molecule has 0 aromatic carbocycles. The van der Waals surface area contributed by atoms with Gasteiger partial charge in [-0.2, -0.15) is 0 Å². The number of carbonyl (C=O) groups is 1. The van der Waals surface area contributed by atoms with Crippen molar-refractivity contribution in [2.75, 3.05) is 0 Å². The summed E-state index contributed by atoms with van der Waals surface area (Å²) in [5.74, 6) is -0.648. The SMILES string of the molecule is CCCn1cnc(CC2CC2)c(C(=O)O)c1=O. The number of hydrogen-bond donors (Lipinski definition) is 1. The standard InChI is InChI=1S/C12H16N2O3/c1-2-5-14-7-13-9(6-8-3-4-8)10(11(14)15)12(16)17/h7-8H,2-6H2,1H3,(H,16,17). The third-order valence-electron chi connectivity index (χ3n) is 2.97. The van der Waals surface area contributed by atoms with Crippen LogP contribution in [0.4, 0.5) is 0 Å². The topological polar surface area (TPSA) is 72.2 Å². The first kappa shape index (κ1) is 11.8. The second kappa shape index (κ2) is 4.69. The highest BCUT2D eigenvalue weighted by Gasteiger charge is 2.26. The summed E-state index contributed by atoms with van der Waals surface area (Å²) >= 11 is 0. The van der Waals surface area contributed by atoms with E-state index < -0.39 is 11.5 Å². The largest absolute Gasteiger partial charge is 0.477 e. The van der Waals surface area contributed by atoms with Crippen molar-refractivity contribution in [3.8, 4) is 0 Å². The Morgan fingerprint density at radius 3 is 2.82 bits per heavy atom. The van der Waals surface area contributed by atoms with E-state index in [0.717, 1.165) is 19.3 Å². The molecule has 92 valence electrons. The minimum Gasteiger partial charge on any atom is -0.477 e. The lowest BCUT2D eigenvalue weighted by Gasteiger charge is -2.08. The number of nitrogens with zero attached hydrogens (tertiary/aromatic N) is 2. The highest BCUT2D eigenvalue weighted by Crippen LogP contribution is 2.32. The van der Waals surface area contributed by atoms with Crippen LogP contribution in [0.2, 0.25) is 0 Å². The summed E-state index contributed by atoms with van der Waals surface area (Å²) in [5, 5.41) is 9.12. The van der Waals surface area contributed by atoms with Gasteiger partial charge in [0, 0.05) is 6.54 Å². The molecule has 0 bridgehead atoms. The summed E-state index contributed by atoms with van der Waals surface area (Å²) in [4.78, 5) is 27.3. The molecule has 0 amide bonds. The van der Waals surface area contributed by atoms with Gasteiger partial charge >= 0.3 is 5.97 Å². The van der Waals surface area contributed by atoms with Crippen LogP contribution in [0, 0.1) is 5.92 Å². The number of carboxylic acid groups (broad SMARTS) is 1. The summed E-state index contributed by atoms with van der Waals surface area (Å²) in [6.45, 7) is 2.45. The molecule has 5 nitrogen and oxygen atoms in total. The fraction of sp³-hybridized carbons (Fsp3) is 0.583. The maximum absolute atomic E-state index is 12.0. The normalized spacial score (nSPS) is 14.9. The zero-order valence-electron chi connectivity index (χ0n) is 9.85. The first-order valence-corrected chi connectivity index (χ1v) is 5.95. The number of hydrogen-bond acceptors (Lipinski definition) is 3. The molecule has 0 unspecified atom stereocenters. The highest BCUT2D eigenvalue weighted by molar-refractivity contribution is 5.88. The molecule has 1 aromatic rings. The summed E-state index contributed by atoms with van der Waals surface area (Å²) in [6.07, 6.45) is 5.08. The molecular formula is C12H16N2O3. The van der Waals surface area contributed by atoms with Gasteiger partial charge in [-0.25, -0.2) is 9.78 Å². The molecular weight excluding hydrogens is 220 g/mol. The van der Waals surface area contributed by atoms with Crippen LogP contribution in [0.15, 0.2) is 11.1 Å². The van der Waals surface area contributed by atoms with Crippen molar-refractivity contribution in [2.45, 2.75) is 39.2 Å². The van der Waals surface area contributed by atoms with E-state index in [2.05, 4.69) is 4.98 Å². The second-order valence-electron chi connectivity index (χ2n) is 4.52. The molecule has 1 saturated carbocycles. The van der Waals surface area contributed by atoms with Gasteiger partial charge in [-0.1, -0.05) is 6.92 Å². The molecule has 0 aliphatic heterocycles. The maximum atomic E-state index is 12.0. The average Bonchev–Trinajstić information content (AvgIpc) is 3.06. The van der Waals surface area contributed by atoms with Gasteiger partial charge in [0.25, 0.3) is 5.56 Å². The summed E-state index contributed by atoms with van der Waals surface area (Å²) in [6, 6.07) is 0. The van der Waals surface area contributed by atoms with E-state index in [4.69, 9.17) is 5.11 Å². The number of carboxylic acids is 1. The predicted octanol–water partition coefficient (Wildman–Crippen LogP) is 1.30. The minimum absolute atomic E-state index is 0.146. The third-order valence-corrected chi connectivity index (χ3v) is 2.97. The van der Waals surface area contributed by atoms with Gasteiger partial charge in [-0.3, -0.25) is 9.36 Å².